The minimum absolute atomic E-state index is 0.183. The molecule has 1 unspecified atom stereocenters. The maximum Gasteiger partial charge on any atom is 0.115 e. The molecule has 0 bridgehead atoms. The van der Waals surface area contributed by atoms with E-state index in [0.29, 0.717) is 5.33 Å². The minimum Gasteiger partial charge on any atom is -0.508 e. The second-order valence-electron chi connectivity index (χ2n) is 2.27. The van der Waals surface area contributed by atoms with E-state index in [4.69, 9.17) is 5.11 Å². The first-order valence-electron chi connectivity index (χ1n) is 3.27. The number of aliphatic hydroxyl groups excluding tert-OH is 1. The number of benzene rings is 1. The van der Waals surface area contributed by atoms with Gasteiger partial charge in [-0.2, -0.15) is 0 Å². The minimum atomic E-state index is -0.540. The molecule has 0 aliphatic heterocycles. The van der Waals surface area contributed by atoms with E-state index in [9.17, 15) is 5.11 Å². The van der Waals surface area contributed by atoms with Crippen LogP contribution in [-0.4, -0.2) is 15.5 Å². The molecule has 1 aromatic rings. The number of phenolic OH excluding ortho intramolecular Hbond substituents is 1. The summed E-state index contributed by atoms with van der Waals surface area (Å²) in [6.07, 6.45) is -0.540. The van der Waals surface area contributed by atoms with Crippen molar-refractivity contribution in [3.63, 3.8) is 0 Å². The third kappa shape index (κ3) is 2.20. The Morgan fingerprint density at radius 2 is 2.18 bits per heavy atom. The van der Waals surface area contributed by atoms with Gasteiger partial charge in [0.15, 0.2) is 0 Å². The van der Waals surface area contributed by atoms with Crippen LogP contribution in [0.4, 0.5) is 0 Å². The first kappa shape index (κ1) is 8.56. The van der Waals surface area contributed by atoms with Gasteiger partial charge in [-0.1, -0.05) is 28.1 Å². The van der Waals surface area contributed by atoms with E-state index in [-0.39, 0.29) is 5.75 Å². The summed E-state index contributed by atoms with van der Waals surface area (Å²) in [5, 5.41) is 18.8. The van der Waals surface area contributed by atoms with Gasteiger partial charge in [0.05, 0.1) is 6.10 Å². The summed E-state index contributed by atoms with van der Waals surface area (Å²) >= 11 is 3.14. The van der Waals surface area contributed by atoms with E-state index >= 15 is 0 Å². The number of aliphatic hydroxyl groups is 1. The van der Waals surface area contributed by atoms with Crippen molar-refractivity contribution in [1.82, 2.24) is 0 Å². The Bertz CT molecular complexity index is 237. The van der Waals surface area contributed by atoms with Gasteiger partial charge in [-0.3, -0.25) is 0 Å². The van der Waals surface area contributed by atoms with E-state index in [1.807, 2.05) is 0 Å². The zero-order chi connectivity index (χ0) is 8.27. The Balaban J connectivity index is 2.86. The van der Waals surface area contributed by atoms with Crippen LogP contribution >= 0.6 is 15.9 Å². The SMILES string of the molecule is Oc1cccc(C(O)CBr)c1. The van der Waals surface area contributed by atoms with Crippen molar-refractivity contribution in [2.24, 2.45) is 0 Å². The van der Waals surface area contributed by atoms with E-state index in [2.05, 4.69) is 15.9 Å². The van der Waals surface area contributed by atoms with Gasteiger partial charge in [-0.25, -0.2) is 0 Å². The van der Waals surface area contributed by atoms with E-state index in [1.165, 1.54) is 0 Å². The van der Waals surface area contributed by atoms with Crippen LogP contribution in [-0.2, 0) is 0 Å². The summed E-state index contributed by atoms with van der Waals surface area (Å²) in [6, 6.07) is 6.60. The number of halogens is 1. The first-order valence-corrected chi connectivity index (χ1v) is 4.39. The molecule has 3 heteroatoms. The van der Waals surface area contributed by atoms with Crippen LogP contribution in [0.3, 0.4) is 0 Å². The van der Waals surface area contributed by atoms with E-state index < -0.39 is 6.10 Å². The average molecular weight is 217 g/mol. The molecule has 0 amide bonds. The standard InChI is InChI=1S/C8H9BrO2/c9-5-8(11)6-2-1-3-7(10)4-6/h1-4,8,10-11H,5H2. The van der Waals surface area contributed by atoms with Gasteiger partial charge in [-0.05, 0) is 17.7 Å². The van der Waals surface area contributed by atoms with Gasteiger partial charge in [0.25, 0.3) is 0 Å². The summed E-state index contributed by atoms with van der Waals surface area (Å²) < 4.78 is 0. The Labute approximate surface area is 73.6 Å². The van der Waals surface area contributed by atoms with Gasteiger partial charge in [-0.15, -0.1) is 0 Å². The highest BCUT2D eigenvalue weighted by Crippen LogP contribution is 2.19. The smallest absolute Gasteiger partial charge is 0.115 e. The number of alkyl halides is 1. The molecule has 11 heavy (non-hydrogen) atoms. The van der Waals surface area contributed by atoms with Gasteiger partial charge in [0, 0.05) is 5.33 Å². The van der Waals surface area contributed by atoms with Crippen LogP contribution in [0.5, 0.6) is 5.75 Å². The monoisotopic (exact) mass is 216 g/mol. The number of phenols is 1. The third-order valence-corrected chi connectivity index (χ3v) is 2.01. The number of hydrogen-bond donors (Lipinski definition) is 2. The molecule has 1 rings (SSSR count). The van der Waals surface area contributed by atoms with Crippen LogP contribution in [0, 0.1) is 0 Å². The van der Waals surface area contributed by atoms with Gasteiger partial charge in [0.2, 0.25) is 0 Å². The summed E-state index contributed by atoms with van der Waals surface area (Å²) in [5.41, 5.74) is 0.724. The fourth-order valence-corrected chi connectivity index (χ4v) is 1.19. The van der Waals surface area contributed by atoms with Crippen molar-refractivity contribution in [2.75, 3.05) is 5.33 Å². The molecule has 1 aromatic carbocycles. The maximum atomic E-state index is 9.30. The van der Waals surface area contributed by atoms with Crippen LogP contribution in [0.1, 0.15) is 11.7 Å². The lowest BCUT2D eigenvalue weighted by atomic mass is 10.1. The summed E-state index contributed by atoms with van der Waals surface area (Å²) in [6.45, 7) is 0. The largest absolute Gasteiger partial charge is 0.508 e. The highest BCUT2D eigenvalue weighted by molar-refractivity contribution is 9.09. The van der Waals surface area contributed by atoms with Gasteiger partial charge in [0.1, 0.15) is 5.75 Å². The summed E-state index contributed by atoms with van der Waals surface area (Å²) in [5.74, 6) is 0.183. The Kier molecular flexibility index (Phi) is 2.91. The fourth-order valence-electron chi connectivity index (χ4n) is 0.821. The van der Waals surface area contributed by atoms with Crippen LogP contribution in [0.25, 0.3) is 0 Å². The van der Waals surface area contributed by atoms with Crippen LogP contribution < -0.4 is 0 Å². The average Bonchev–Trinajstić information content (AvgIpc) is 2.03. The summed E-state index contributed by atoms with van der Waals surface area (Å²) in [4.78, 5) is 0. The van der Waals surface area contributed by atoms with Crippen LogP contribution in [0.2, 0.25) is 0 Å². The molecule has 0 radical (unpaired) electrons. The van der Waals surface area contributed by atoms with Crippen molar-refractivity contribution in [2.45, 2.75) is 6.10 Å². The molecule has 0 fully saturated rings. The Hall–Kier alpha value is -0.540. The third-order valence-electron chi connectivity index (χ3n) is 1.40. The normalized spacial score (nSPS) is 12.9. The maximum absolute atomic E-state index is 9.30. The molecule has 0 saturated carbocycles. The fraction of sp³-hybridized carbons (Fsp3) is 0.250. The van der Waals surface area contributed by atoms with Gasteiger partial charge < -0.3 is 10.2 Å². The molecular formula is C8H9BrO2. The molecule has 2 N–H and O–H groups in total. The Morgan fingerprint density at radius 1 is 1.45 bits per heavy atom. The van der Waals surface area contributed by atoms with Crippen LogP contribution in [0.15, 0.2) is 24.3 Å². The van der Waals surface area contributed by atoms with Crippen molar-refractivity contribution in [3.8, 4) is 5.75 Å². The molecule has 1 atom stereocenters. The molecule has 0 spiro atoms. The lowest BCUT2D eigenvalue weighted by Gasteiger charge is -2.06. The second kappa shape index (κ2) is 3.74. The number of aromatic hydroxyl groups is 1. The lowest BCUT2D eigenvalue weighted by molar-refractivity contribution is 0.205. The van der Waals surface area contributed by atoms with E-state index in [1.54, 1.807) is 24.3 Å². The van der Waals surface area contributed by atoms with Crippen molar-refractivity contribution in [3.05, 3.63) is 29.8 Å². The van der Waals surface area contributed by atoms with Crippen molar-refractivity contribution >= 4 is 15.9 Å². The molecule has 60 valence electrons. The number of hydrogen-bond acceptors (Lipinski definition) is 2. The van der Waals surface area contributed by atoms with E-state index in [0.717, 1.165) is 5.56 Å². The lowest BCUT2D eigenvalue weighted by Crippen LogP contribution is -1.96. The molecule has 0 heterocycles. The quantitative estimate of drug-likeness (QED) is 0.741. The highest BCUT2D eigenvalue weighted by Gasteiger charge is 2.04. The predicted molar refractivity (Wildman–Crippen MR) is 46.9 cm³/mol. The molecule has 2 nitrogen and oxygen atoms in total. The molecule has 0 aromatic heterocycles. The zero-order valence-corrected chi connectivity index (χ0v) is 7.45. The molecular weight excluding hydrogens is 208 g/mol. The zero-order valence-electron chi connectivity index (χ0n) is 5.87. The second-order valence-corrected chi connectivity index (χ2v) is 2.91. The van der Waals surface area contributed by atoms with Crippen molar-refractivity contribution < 1.29 is 10.2 Å². The predicted octanol–water partition coefficient (Wildman–Crippen LogP) is 1.82. The first-order chi connectivity index (χ1) is 5.24. The number of rotatable bonds is 2. The van der Waals surface area contributed by atoms with Gasteiger partial charge >= 0.3 is 0 Å². The highest BCUT2D eigenvalue weighted by atomic mass is 79.9. The Morgan fingerprint density at radius 3 is 2.73 bits per heavy atom. The molecule has 0 aliphatic rings. The molecule has 0 saturated heterocycles. The summed E-state index contributed by atoms with van der Waals surface area (Å²) in [7, 11) is 0. The topological polar surface area (TPSA) is 40.5 Å². The molecule has 0 aliphatic carbocycles. The van der Waals surface area contributed by atoms with Crippen molar-refractivity contribution in [1.29, 1.82) is 0 Å².